The predicted molar refractivity (Wildman–Crippen MR) is 83.3 cm³/mol. The fraction of sp³-hybridized carbons (Fsp3) is 0.0667. The topological polar surface area (TPSA) is 40.9 Å². The third-order valence-electron chi connectivity index (χ3n) is 2.80. The Kier molecular flexibility index (Phi) is 4.73. The third kappa shape index (κ3) is 3.17. The summed E-state index contributed by atoms with van der Waals surface area (Å²) in [6.45, 7) is 0. The van der Waals surface area contributed by atoms with E-state index in [-0.39, 0.29) is 5.78 Å². The van der Waals surface area contributed by atoms with Crippen LogP contribution in [0, 0.1) is 20.7 Å². The lowest BCUT2D eigenvalue weighted by Gasteiger charge is -2.09. The fourth-order valence-electron chi connectivity index (χ4n) is 1.76. The van der Waals surface area contributed by atoms with E-state index < -0.39 is 11.7 Å². The second-order valence-electron chi connectivity index (χ2n) is 4.11. The van der Waals surface area contributed by atoms with Crippen LogP contribution in [0.3, 0.4) is 0 Å². The number of ketones is 1. The molecule has 0 aliphatic heterocycles. The minimum atomic E-state index is -0.966. The van der Waals surface area contributed by atoms with Gasteiger partial charge in [0.15, 0.2) is 5.78 Å². The second-order valence-corrected chi connectivity index (χ2v) is 5.68. The summed E-state index contributed by atoms with van der Waals surface area (Å²) >= 11 is 8.04. The average molecular weight is 400 g/mol. The Bertz CT molecular complexity index is 694. The molecule has 0 bridgehead atoms. The van der Waals surface area contributed by atoms with E-state index in [9.17, 15) is 14.4 Å². The molecule has 2 aromatic rings. The van der Waals surface area contributed by atoms with Crippen LogP contribution >= 0.6 is 34.2 Å². The molecule has 0 fully saturated rings. The first-order chi connectivity index (χ1) is 9.52. The molecule has 0 aromatic heterocycles. The summed E-state index contributed by atoms with van der Waals surface area (Å²) in [5.41, 5.74) is 0.833. The molecule has 1 unspecified atom stereocenters. The molecule has 2 nitrogen and oxygen atoms in total. The molecule has 5 heteroatoms. The smallest absolute Gasteiger partial charge is 0.184 e. The standard InChI is InChI=1S/C15H8ClFINO/c16-13-7-10(3-6-14(13)18)15(20)12(8-19)9-1-4-11(17)5-2-9/h1-7,12H. The van der Waals surface area contributed by atoms with E-state index in [2.05, 4.69) is 22.6 Å². The van der Waals surface area contributed by atoms with Gasteiger partial charge in [0.1, 0.15) is 11.7 Å². The number of benzene rings is 2. The quantitative estimate of drug-likeness (QED) is 0.560. The highest BCUT2D eigenvalue weighted by Crippen LogP contribution is 2.25. The van der Waals surface area contributed by atoms with Crippen LogP contribution in [0.5, 0.6) is 0 Å². The molecule has 100 valence electrons. The predicted octanol–water partition coefficient (Wildman–Crippen LogP) is 4.57. The Morgan fingerprint density at radius 2 is 1.90 bits per heavy atom. The van der Waals surface area contributed by atoms with Crippen LogP contribution in [-0.2, 0) is 0 Å². The maximum absolute atomic E-state index is 12.9. The van der Waals surface area contributed by atoms with Crippen LogP contribution in [-0.4, -0.2) is 5.78 Å². The summed E-state index contributed by atoms with van der Waals surface area (Å²) in [6, 6.07) is 12.2. The summed E-state index contributed by atoms with van der Waals surface area (Å²) in [5, 5.41) is 9.67. The van der Waals surface area contributed by atoms with Gasteiger partial charge in [-0.2, -0.15) is 5.26 Å². The van der Waals surface area contributed by atoms with Crippen molar-refractivity contribution in [3.8, 4) is 6.07 Å². The summed E-state index contributed by atoms with van der Waals surface area (Å²) in [7, 11) is 0. The molecule has 0 radical (unpaired) electrons. The van der Waals surface area contributed by atoms with Crippen molar-refractivity contribution in [3.63, 3.8) is 0 Å². The summed E-state index contributed by atoms with van der Waals surface area (Å²) < 4.78 is 13.7. The van der Waals surface area contributed by atoms with Crippen LogP contribution in [0.1, 0.15) is 21.8 Å². The molecule has 0 amide bonds. The van der Waals surface area contributed by atoms with Gasteiger partial charge in [0, 0.05) is 9.13 Å². The number of carbonyl (C=O) groups is 1. The Labute approximate surface area is 134 Å². The van der Waals surface area contributed by atoms with Crippen LogP contribution < -0.4 is 0 Å². The van der Waals surface area contributed by atoms with E-state index in [0.29, 0.717) is 16.1 Å². The second kappa shape index (κ2) is 6.33. The first-order valence-electron chi connectivity index (χ1n) is 5.67. The molecule has 0 saturated heterocycles. The van der Waals surface area contributed by atoms with Gasteiger partial charge in [-0.1, -0.05) is 29.8 Å². The van der Waals surface area contributed by atoms with Crippen molar-refractivity contribution in [2.75, 3.05) is 0 Å². The highest BCUT2D eigenvalue weighted by molar-refractivity contribution is 14.1. The van der Waals surface area contributed by atoms with Gasteiger partial charge in [0.25, 0.3) is 0 Å². The molecule has 0 N–H and O–H groups in total. The molecule has 0 spiro atoms. The van der Waals surface area contributed by atoms with Crippen molar-refractivity contribution >= 4 is 40.0 Å². The Hall–Kier alpha value is -1.45. The Balaban J connectivity index is 2.36. The minimum absolute atomic E-state index is 0.350. The minimum Gasteiger partial charge on any atom is -0.292 e. The van der Waals surface area contributed by atoms with E-state index in [1.54, 1.807) is 18.2 Å². The highest BCUT2D eigenvalue weighted by atomic mass is 127. The molecule has 20 heavy (non-hydrogen) atoms. The number of hydrogen-bond acceptors (Lipinski definition) is 2. The number of nitrogens with zero attached hydrogens (tertiary/aromatic N) is 1. The Morgan fingerprint density at radius 1 is 1.25 bits per heavy atom. The lowest BCUT2D eigenvalue weighted by Crippen LogP contribution is -2.11. The fourth-order valence-corrected chi connectivity index (χ4v) is 2.27. The number of hydrogen-bond donors (Lipinski definition) is 0. The highest BCUT2D eigenvalue weighted by Gasteiger charge is 2.22. The molecule has 0 aliphatic rings. The number of nitriles is 1. The zero-order valence-electron chi connectivity index (χ0n) is 10.1. The van der Waals surface area contributed by atoms with Gasteiger partial charge in [-0.15, -0.1) is 0 Å². The van der Waals surface area contributed by atoms with Crippen molar-refractivity contribution in [2.24, 2.45) is 0 Å². The van der Waals surface area contributed by atoms with Crippen molar-refractivity contribution < 1.29 is 9.18 Å². The maximum Gasteiger partial charge on any atom is 0.184 e. The molecule has 0 heterocycles. The van der Waals surface area contributed by atoms with Crippen LogP contribution in [0.4, 0.5) is 4.39 Å². The molecule has 1 atom stereocenters. The van der Waals surface area contributed by atoms with Gasteiger partial charge in [0.05, 0.1) is 11.1 Å². The first kappa shape index (κ1) is 14.9. The first-order valence-corrected chi connectivity index (χ1v) is 7.13. The van der Waals surface area contributed by atoms with Gasteiger partial charge >= 0.3 is 0 Å². The maximum atomic E-state index is 12.9. The molecular formula is C15H8ClFINO. The summed E-state index contributed by atoms with van der Waals surface area (Å²) in [5.74, 6) is -1.72. The third-order valence-corrected chi connectivity index (χ3v) is 4.37. The lowest BCUT2D eigenvalue weighted by molar-refractivity contribution is 0.0979. The summed E-state index contributed by atoms with van der Waals surface area (Å²) in [6.07, 6.45) is 0. The van der Waals surface area contributed by atoms with Gasteiger partial charge in [0.2, 0.25) is 0 Å². The van der Waals surface area contributed by atoms with Crippen LogP contribution in [0.15, 0.2) is 42.5 Å². The van der Waals surface area contributed by atoms with E-state index in [1.165, 1.54) is 24.3 Å². The molecule has 0 saturated carbocycles. The Morgan fingerprint density at radius 3 is 2.45 bits per heavy atom. The van der Waals surface area contributed by atoms with Crippen molar-refractivity contribution in [1.82, 2.24) is 0 Å². The van der Waals surface area contributed by atoms with E-state index in [4.69, 9.17) is 11.6 Å². The van der Waals surface area contributed by atoms with Crippen molar-refractivity contribution in [2.45, 2.75) is 5.92 Å². The van der Waals surface area contributed by atoms with Crippen molar-refractivity contribution in [1.29, 1.82) is 5.26 Å². The van der Waals surface area contributed by atoms with Gasteiger partial charge in [-0.3, -0.25) is 4.79 Å². The van der Waals surface area contributed by atoms with E-state index in [1.807, 2.05) is 6.07 Å². The normalized spacial score (nSPS) is 11.7. The zero-order chi connectivity index (χ0) is 14.7. The SMILES string of the molecule is N#CC(C(=O)c1ccc(I)c(Cl)c1)c1ccc(F)cc1. The van der Waals surface area contributed by atoms with Gasteiger partial charge < -0.3 is 0 Å². The number of halogens is 3. The van der Waals surface area contributed by atoms with Gasteiger partial charge in [-0.25, -0.2) is 4.39 Å². The number of carbonyl (C=O) groups excluding carboxylic acids is 1. The number of rotatable bonds is 3. The molecule has 0 aliphatic carbocycles. The van der Waals surface area contributed by atoms with Crippen LogP contribution in [0.25, 0.3) is 0 Å². The van der Waals surface area contributed by atoms with Crippen LogP contribution in [0.2, 0.25) is 5.02 Å². The lowest BCUT2D eigenvalue weighted by atomic mass is 9.92. The monoisotopic (exact) mass is 399 g/mol. The molecular weight excluding hydrogens is 392 g/mol. The average Bonchev–Trinajstić information content (AvgIpc) is 2.44. The van der Waals surface area contributed by atoms with Crippen molar-refractivity contribution in [3.05, 3.63) is 68.0 Å². The van der Waals surface area contributed by atoms with E-state index >= 15 is 0 Å². The van der Waals surface area contributed by atoms with Gasteiger partial charge in [-0.05, 0) is 52.4 Å². The number of Topliss-reactive ketones (excluding diaryl/α,β-unsaturated/α-hetero) is 1. The van der Waals surface area contributed by atoms with E-state index in [0.717, 1.165) is 3.57 Å². The summed E-state index contributed by atoms with van der Waals surface area (Å²) in [4.78, 5) is 12.3. The molecule has 2 rings (SSSR count). The largest absolute Gasteiger partial charge is 0.292 e. The zero-order valence-corrected chi connectivity index (χ0v) is 13.0. The molecule has 2 aromatic carbocycles.